The molecule has 0 bridgehead atoms. The Morgan fingerprint density at radius 3 is 2.57 bits per heavy atom. The summed E-state index contributed by atoms with van der Waals surface area (Å²) in [6.45, 7) is 4.17. The molecule has 104 valence electrons. The minimum Gasteiger partial charge on any atom is -0.250 e. The van der Waals surface area contributed by atoms with Crippen molar-refractivity contribution in [3.05, 3.63) is 66.0 Å². The average Bonchev–Trinajstić information content (AvgIpc) is 2.55. The maximum atomic E-state index is 4.66. The molecule has 0 unspecified atom stereocenters. The van der Waals surface area contributed by atoms with Gasteiger partial charge in [-0.15, -0.1) is 0 Å². The zero-order chi connectivity index (χ0) is 14.7. The number of aromatic nitrogens is 3. The van der Waals surface area contributed by atoms with Crippen molar-refractivity contribution in [2.45, 2.75) is 20.3 Å². The van der Waals surface area contributed by atoms with E-state index in [-0.39, 0.29) is 0 Å². The van der Waals surface area contributed by atoms with Gasteiger partial charge in [-0.1, -0.05) is 36.8 Å². The highest BCUT2D eigenvalue weighted by molar-refractivity contribution is 5.62. The van der Waals surface area contributed by atoms with Gasteiger partial charge in [-0.25, -0.2) is 15.0 Å². The maximum absolute atomic E-state index is 4.66. The van der Waals surface area contributed by atoms with Crippen LogP contribution < -0.4 is 0 Å². The van der Waals surface area contributed by atoms with E-state index >= 15 is 0 Å². The first kappa shape index (κ1) is 13.4. The summed E-state index contributed by atoms with van der Waals surface area (Å²) in [6, 6.07) is 16.2. The Morgan fingerprint density at radius 2 is 1.76 bits per heavy atom. The molecule has 0 saturated heterocycles. The van der Waals surface area contributed by atoms with E-state index in [1.807, 2.05) is 30.3 Å². The normalized spacial score (nSPS) is 10.6. The third kappa shape index (κ3) is 2.97. The largest absolute Gasteiger partial charge is 0.250 e. The van der Waals surface area contributed by atoms with Gasteiger partial charge in [0.25, 0.3) is 0 Å². The lowest BCUT2D eigenvalue weighted by Gasteiger charge is -2.05. The zero-order valence-corrected chi connectivity index (χ0v) is 12.2. The Balaban J connectivity index is 2.03. The molecule has 3 rings (SSSR count). The highest BCUT2D eigenvalue weighted by Gasteiger charge is 2.06. The van der Waals surface area contributed by atoms with Crippen LogP contribution >= 0.6 is 0 Å². The third-order valence-electron chi connectivity index (χ3n) is 3.37. The molecule has 0 aliphatic carbocycles. The van der Waals surface area contributed by atoms with Gasteiger partial charge in [-0.05, 0) is 37.6 Å². The summed E-state index contributed by atoms with van der Waals surface area (Å²) >= 11 is 0. The fraction of sp³-hybridized carbons (Fsp3) is 0.167. The van der Waals surface area contributed by atoms with Gasteiger partial charge in [0.1, 0.15) is 5.69 Å². The van der Waals surface area contributed by atoms with E-state index in [1.54, 1.807) is 6.20 Å². The number of rotatable bonds is 3. The summed E-state index contributed by atoms with van der Waals surface area (Å²) in [7, 11) is 0. The highest BCUT2D eigenvalue weighted by Crippen LogP contribution is 2.20. The number of nitrogens with zero attached hydrogens (tertiary/aromatic N) is 3. The minimum atomic E-state index is 0.671. The van der Waals surface area contributed by atoms with Crippen LogP contribution in [0.1, 0.15) is 18.2 Å². The molecular formula is C18H17N3. The number of aryl methyl sites for hydroxylation is 2. The van der Waals surface area contributed by atoms with E-state index < -0.39 is 0 Å². The molecule has 0 N–H and O–H groups in total. The van der Waals surface area contributed by atoms with Crippen molar-refractivity contribution < 1.29 is 0 Å². The molecule has 2 aromatic heterocycles. The van der Waals surface area contributed by atoms with Crippen LogP contribution in [0.15, 0.2) is 54.7 Å². The fourth-order valence-electron chi connectivity index (χ4n) is 2.25. The van der Waals surface area contributed by atoms with Gasteiger partial charge in [0.2, 0.25) is 0 Å². The Labute approximate surface area is 124 Å². The van der Waals surface area contributed by atoms with Gasteiger partial charge in [-0.2, -0.15) is 0 Å². The second-order valence-electron chi connectivity index (χ2n) is 5.00. The summed E-state index contributed by atoms with van der Waals surface area (Å²) in [5, 5.41) is 0. The van der Waals surface area contributed by atoms with Crippen molar-refractivity contribution in [1.29, 1.82) is 0 Å². The Hall–Kier alpha value is -2.55. The first-order chi connectivity index (χ1) is 10.3. The molecule has 3 heteroatoms. The second kappa shape index (κ2) is 5.83. The number of pyridine rings is 1. The molecule has 0 amide bonds. The fourth-order valence-corrected chi connectivity index (χ4v) is 2.25. The van der Waals surface area contributed by atoms with E-state index in [4.69, 9.17) is 0 Å². The predicted octanol–water partition coefficient (Wildman–Crippen LogP) is 4.08. The van der Waals surface area contributed by atoms with Crippen LogP contribution in [0.25, 0.3) is 22.8 Å². The highest BCUT2D eigenvalue weighted by atomic mass is 14.9. The van der Waals surface area contributed by atoms with Gasteiger partial charge in [0, 0.05) is 17.5 Å². The zero-order valence-electron chi connectivity index (χ0n) is 12.2. The van der Waals surface area contributed by atoms with E-state index in [2.05, 4.69) is 47.0 Å². The molecule has 0 spiro atoms. The van der Waals surface area contributed by atoms with Crippen LogP contribution in [-0.4, -0.2) is 15.0 Å². The first-order valence-corrected chi connectivity index (χ1v) is 7.12. The molecule has 0 aliphatic heterocycles. The van der Waals surface area contributed by atoms with E-state index in [0.717, 1.165) is 29.1 Å². The smallest absolute Gasteiger partial charge is 0.178 e. The van der Waals surface area contributed by atoms with Crippen molar-refractivity contribution in [1.82, 2.24) is 15.0 Å². The van der Waals surface area contributed by atoms with Crippen LogP contribution in [-0.2, 0) is 6.42 Å². The monoisotopic (exact) mass is 275 g/mol. The summed E-state index contributed by atoms with van der Waals surface area (Å²) in [5.41, 5.74) is 5.12. The van der Waals surface area contributed by atoms with Crippen LogP contribution in [0.3, 0.4) is 0 Å². The molecule has 1 aromatic carbocycles. The van der Waals surface area contributed by atoms with Crippen molar-refractivity contribution in [2.24, 2.45) is 0 Å². The third-order valence-corrected chi connectivity index (χ3v) is 3.37. The Morgan fingerprint density at radius 1 is 0.905 bits per heavy atom. The molecule has 2 heterocycles. The molecule has 0 aliphatic rings. The number of hydrogen-bond acceptors (Lipinski definition) is 3. The van der Waals surface area contributed by atoms with Gasteiger partial charge >= 0.3 is 0 Å². The van der Waals surface area contributed by atoms with Crippen LogP contribution in [0.5, 0.6) is 0 Å². The lowest BCUT2D eigenvalue weighted by atomic mass is 10.1. The molecule has 0 fully saturated rings. The second-order valence-corrected chi connectivity index (χ2v) is 5.00. The summed E-state index contributed by atoms with van der Waals surface area (Å²) in [6.07, 6.45) is 2.70. The molecule has 0 radical (unpaired) electrons. The van der Waals surface area contributed by atoms with E-state index in [1.165, 1.54) is 5.56 Å². The Kier molecular flexibility index (Phi) is 3.73. The molecule has 3 nitrogen and oxygen atoms in total. The standard InChI is InChI=1S/C18H17N3/c1-3-15-8-5-9-17(20-15)18-19-11-10-16(21-18)14-7-4-6-13(2)12-14/h4-12H,3H2,1-2H3. The van der Waals surface area contributed by atoms with Gasteiger partial charge in [-0.3, -0.25) is 0 Å². The lowest BCUT2D eigenvalue weighted by Crippen LogP contribution is -1.96. The molecule has 0 saturated carbocycles. The van der Waals surface area contributed by atoms with Gasteiger partial charge in [0.05, 0.1) is 5.69 Å². The average molecular weight is 275 g/mol. The van der Waals surface area contributed by atoms with E-state index in [0.29, 0.717) is 5.82 Å². The number of hydrogen-bond donors (Lipinski definition) is 0. The van der Waals surface area contributed by atoms with Crippen molar-refractivity contribution in [3.63, 3.8) is 0 Å². The molecular weight excluding hydrogens is 258 g/mol. The quantitative estimate of drug-likeness (QED) is 0.723. The minimum absolute atomic E-state index is 0.671. The predicted molar refractivity (Wildman–Crippen MR) is 84.8 cm³/mol. The topological polar surface area (TPSA) is 38.7 Å². The SMILES string of the molecule is CCc1cccc(-c2nccc(-c3cccc(C)c3)n2)n1. The molecule has 21 heavy (non-hydrogen) atoms. The Bertz CT molecular complexity index is 766. The summed E-state index contributed by atoms with van der Waals surface area (Å²) < 4.78 is 0. The van der Waals surface area contributed by atoms with Crippen LogP contribution in [0.4, 0.5) is 0 Å². The van der Waals surface area contributed by atoms with Crippen LogP contribution in [0.2, 0.25) is 0 Å². The van der Waals surface area contributed by atoms with Crippen molar-refractivity contribution in [3.8, 4) is 22.8 Å². The van der Waals surface area contributed by atoms with Crippen LogP contribution in [0, 0.1) is 6.92 Å². The summed E-state index contributed by atoms with van der Waals surface area (Å²) in [4.78, 5) is 13.6. The summed E-state index contributed by atoms with van der Waals surface area (Å²) in [5.74, 6) is 0.671. The number of benzene rings is 1. The van der Waals surface area contributed by atoms with Gasteiger partial charge in [0.15, 0.2) is 5.82 Å². The van der Waals surface area contributed by atoms with Gasteiger partial charge < -0.3 is 0 Å². The lowest BCUT2D eigenvalue weighted by molar-refractivity contribution is 1.02. The van der Waals surface area contributed by atoms with Crippen molar-refractivity contribution >= 4 is 0 Å². The molecule has 3 aromatic rings. The molecule has 0 atom stereocenters. The van der Waals surface area contributed by atoms with E-state index in [9.17, 15) is 0 Å². The van der Waals surface area contributed by atoms with Crippen molar-refractivity contribution in [2.75, 3.05) is 0 Å². The maximum Gasteiger partial charge on any atom is 0.178 e. The first-order valence-electron chi connectivity index (χ1n) is 7.12.